The second-order valence-electron chi connectivity index (χ2n) is 9.02. The number of nitrogens with two attached hydrogens (primary N) is 3. The number of nitrogens with one attached hydrogen (secondary N) is 3. The van der Waals surface area contributed by atoms with Gasteiger partial charge in [0.1, 0.15) is 18.1 Å². The van der Waals surface area contributed by atoms with Gasteiger partial charge in [-0.25, -0.2) is 4.79 Å². The highest BCUT2D eigenvalue weighted by atomic mass is 16.4. The fraction of sp³-hybridized carbons (Fsp3) is 0.762. The summed E-state index contributed by atoms with van der Waals surface area (Å²) in [4.78, 5) is 53.1. The van der Waals surface area contributed by atoms with Crippen LogP contribution in [0.2, 0.25) is 0 Å². The number of hydrogen-bond acceptors (Lipinski definition) is 7. The van der Waals surface area contributed by atoms with Gasteiger partial charge in [0.05, 0.1) is 12.6 Å². The molecule has 4 atom stereocenters. The fourth-order valence-electron chi connectivity index (χ4n) is 3.10. The molecule has 0 aromatic heterocycles. The number of aliphatic hydroxyl groups is 1. The van der Waals surface area contributed by atoms with Gasteiger partial charge >= 0.3 is 5.97 Å². The van der Waals surface area contributed by atoms with Crippen LogP contribution in [0.1, 0.15) is 53.4 Å². The normalized spacial score (nSPS) is 14.6. The van der Waals surface area contributed by atoms with E-state index in [1.165, 1.54) is 0 Å². The van der Waals surface area contributed by atoms with Crippen molar-refractivity contribution in [3.63, 3.8) is 0 Å². The minimum Gasteiger partial charge on any atom is -0.480 e. The van der Waals surface area contributed by atoms with Crippen LogP contribution in [0.5, 0.6) is 0 Å². The predicted octanol–water partition coefficient (Wildman–Crippen LogP) is -2.01. The van der Waals surface area contributed by atoms with E-state index >= 15 is 0 Å². The van der Waals surface area contributed by atoms with E-state index in [0.29, 0.717) is 12.8 Å². The van der Waals surface area contributed by atoms with E-state index in [0.717, 1.165) is 0 Å². The molecule has 0 fully saturated rings. The molecule has 0 spiro atoms. The Labute approximate surface area is 200 Å². The van der Waals surface area contributed by atoms with Gasteiger partial charge in [-0.15, -0.1) is 0 Å². The summed E-state index contributed by atoms with van der Waals surface area (Å²) in [7, 11) is 0. The third-order valence-corrected chi connectivity index (χ3v) is 4.78. The molecule has 0 saturated carbocycles. The first kappa shape index (κ1) is 31.1. The summed E-state index contributed by atoms with van der Waals surface area (Å²) in [5.74, 6) is -3.31. The van der Waals surface area contributed by atoms with Gasteiger partial charge in [0.2, 0.25) is 17.7 Å². The Kier molecular flexibility index (Phi) is 14.5. The van der Waals surface area contributed by atoms with Crippen LogP contribution >= 0.6 is 0 Å². The molecule has 0 radical (unpaired) electrons. The first-order chi connectivity index (χ1) is 15.8. The SMILES string of the molecule is CC(C)C[C@H](NC(=O)[C@H](CO)NC(=O)[C@@H](N)CC(C)C)C(=O)N[C@@H](CCCN=C(N)N)C(=O)O. The van der Waals surface area contributed by atoms with Crippen molar-refractivity contribution in [3.05, 3.63) is 0 Å². The fourth-order valence-corrected chi connectivity index (χ4v) is 3.10. The van der Waals surface area contributed by atoms with Crippen molar-refractivity contribution < 1.29 is 29.4 Å². The molecule has 0 saturated heterocycles. The van der Waals surface area contributed by atoms with E-state index in [-0.39, 0.29) is 37.2 Å². The molecule has 0 aromatic rings. The molecule has 0 aliphatic heterocycles. The Bertz CT molecular complexity index is 710. The molecule has 0 bridgehead atoms. The third-order valence-electron chi connectivity index (χ3n) is 4.78. The van der Waals surface area contributed by atoms with Crippen LogP contribution in [-0.2, 0) is 19.2 Å². The third kappa shape index (κ3) is 12.9. The molecule has 11 N–H and O–H groups in total. The van der Waals surface area contributed by atoms with Crippen molar-refractivity contribution >= 4 is 29.7 Å². The molecule has 0 aliphatic rings. The zero-order valence-electron chi connectivity index (χ0n) is 20.4. The van der Waals surface area contributed by atoms with Gasteiger partial charge in [0.15, 0.2) is 5.96 Å². The lowest BCUT2D eigenvalue weighted by molar-refractivity contribution is -0.142. The van der Waals surface area contributed by atoms with Crippen LogP contribution in [0.4, 0.5) is 0 Å². The Morgan fingerprint density at radius 2 is 1.32 bits per heavy atom. The molecule has 0 rings (SSSR count). The van der Waals surface area contributed by atoms with E-state index in [4.69, 9.17) is 17.2 Å². The lowest BCUT2D eigenvalue weighted by Gasteiger charge is -2.25. The van der Waals surface area contributed by atoms with Crippen molar-refractivity contribution in [2.24, 2.45) is 34.0 Å². The minimum atomic E-state index is -1.32. The standard InChI is InChI=1S/C21H41N7O6/c1-11(2)8-13(22)17(30)28-16(10-29)19(32)27-15(9-12(3)4)18(31)26-14(20(33)34)6-5-7-25-21(23)24/h11-16,29H,5-10,22H2,1-4H3,(H,26,31)(H,27,32)(H,28,30)(H,33,34)(H4,23,24,25)/t13-,14-,15-,16-/m0/s1. The lowest BCUT2D eigenvalue weighted by Crippen LogP contribution is -2.58. The van der Waals surface area contributed by atoms with Crippen LogP contribution in [0.25, 0.3) is 0 Å². The number of nitrogens with zero attached hydrogens (tertiary/aromatic N) is 1. The summed E-state index contributed by atoms with van der Waals surface area (Å²) < 4.78 is 0. The number of carboxylic acid groups (broad SMARTS) is 1. The number of guanidine groups is 1. The summed E-state index contributed by atoms with van der Waals surface area (Å²) >= 11 is 0. The average Bonchev–Trinajstić information content (AvgIpc) is 2.71. The van der Waals surface area contributed by atoms with E-state index in [9.17, 15) is 29.4 Å². The first-order valence-electron chi connectivity index (χ1n) is 11.3. The van der Waals surface area contributed by atoms with Crippen LogP contribution in [-0.4, -0.2) is 77.2 Å². The van der Waals surface area contributed by atoms with Crippen molar-refractivity contribution in [1.29, 1.82) is 0 Å². The van der Waals surface area contributed by atoms with Crippen molar-refractivity contribution in [1.82, 2.24) is 16.0 Å². The van der Waals surface area contributed by atoms with Gasteiger partial charge in [-0.05, 0) is 37.5 Å². The molecule has 13 heteroatoms. The van der Waals surface area contributed by atoms with Crippen LogP contribution in [0, 0.1) is 11.8 Å². The topological polar surface area (TPSA) is 235 Å². The molecule has 0 aliphatic carbocycles. The maximum absolute atomic E-state index is 12.8. The predicted molar refractivity (Wildman–Crippen MR) is 127 cm³/mol. The summed E-state index contributed by atoms with van der Waals surface area (Å²) in [6.07, 6.45) is 0.982. The maximum Gasteiger partial charge on any atom is 0.326 e. The van der Waals surface area contributed by atoms with Gasteiger partial charge in [-0.1, -0.05) is 27.7 Å². The summed E-state index contributed by atoms with van der Waals surface area (Å²) in [6, 6.07) is -4.46. The van der Waals surface area contributed by atoms with E-state index < -0.39 is 54.5 Å². The maximum atomic E-state index is 12.8. The molecule has 3 amide bonds. The Balaban J connectivity index is 5.23. The van der Waals surface area contributed by atoms with E-state index in [2.05, 4.69) is 20.9 Å². The molecule has 0 unspecified atom stereocenters. The average molecular weight is 488 g/mol. The Morgan fingerprint density at radius 1 is 0.824 bits per heavy atom. The number of carboxylic acids is 1. The van der Waals surface area contributed by atoms with Crippen molar-refractivity contribution in [2.45, 2.75) is 77.5 Å². The minimum absolute atomic E-state index is 0.0252. The number of hydrogen-bond donors (Lipinski definition) is 8. The highest BCUT2D eigenvalue weighted by molar-refractivity contribution is 5.94. The van der Waals surface area contributed by atoms with Gasteiger partial charge in [0, 0.05) is 6.54 Å². The molecular formula is C21H41N7O6. The number of carbonyl (C=O) groups excluding carboxylic acids is 3. The number of aliphatic imine (C=N–C) groups is 1. The smallest absolute Gasteiger partial charge is 0.326 e. The number of carbonyl (C=O) groups is 4. The highest BCUT2D eigenvalue weighted by Crippen LogP contribution is 2.08. The first-order valence-corrected chi connectivity index (χ1v) is 11.3. The van der Waals surface area contributed by atoms with Crippen molar-refractivity contribution in [2.75, 3.05) is 13.2 Å². The summed E-state index contributed by atoms with van der Waals surface area (Å²) in [6.45, 7) is 6.93. The number of aliphatic hydroxyl groups excluding tert-OH is 1. The lowest BCUT2D eigenvalue weighted by atomic mass is 10.0. The van der Waals surface area contributed by atoms with Gasteiger partial charge in [-0.3, -0.25) is 19.4 Å². The van der Waals surface area contributed by atoms with Crippen LogP contribution in [0.15, 0.2) is 4.99 Å². The zero-order valence-corrected chi connectivity index (χ0v) is 20.4. The highest BCUT2D eigenvalue weighted by Gasteiger charge is 2.30. The molecule has 196 valence electrons. The molecular weight excluding hydrogens is 446 g/mol. The van der Waals surface area contributed by atoms with E-state index in [1.54, 1.807) is 0 Å². The Hall–Kier alpha value is -2.93. The van der Waals surface area contributed by atoms with Gasteiger partial charge in [-0.2, -0.15) is 0 Å². The van der Waals surface area contributed by atoms with Crippen LogP contribution in [0.3, 0.4) is 0 Å². The number of amides is 3. The molecule has 34 heavy (non-hydrogen) atoms. The van der Waals surface area contributed by atoms with E-state index in [1.807, 2.05) is 27.7 Å². The van der Waals surface area contributed by atoms with Gasteiger partial charge < -0.3 is 43.4 Å². The second kappa shape index (κ2) is 15.8. The van der Waals surface area contributed by atoms with Gasteiger partial charge in [0.25, 0.3) is 0 Å². The second-order valence-corrected chi connectivity index (χ2v) is 9.02. The van der Waals surface area contributed by atoms with Crippen LogP contribution < -0.4 is 33.2 Å². The quantitative estimate of drug-likeness (QED) is 0.0681. The Morgan fingerprint density at radius 3 is 1.79 bits per heavy atom. The summed E-state index contributed by atoms with van der Waals surface area (Å²) in [5.41, 5.74) is 16.3. The van der Waals surface area contributed by atoms with Crippen molar-refractivity contribution in [3.8, 4) is 0 Å². The molecule has 0 aromatic carbocycles. The molecule has 13 nitrogen and oxygen atoms in total. The largest absolute Gasteiger partial charge is 0.480 e. The number of rotatable bonds is 16. The summed E-state index contributed by atoms with van der Waals surface area (Å²) in [5, 5.41) is 26.3. The number of aliphatic carboxylic acids is 1. The molecule has 0 heterocycles. The zero-order chi connectivity index (χ0) is 26.4. The monoisotopic (exact) mass is 487 g/mol.